The van der Waals surface area contributed by atoms with E-state index in [0.717, 1.165) is 22.0 Å². The van der Waals surface area contributed by atoms with Gasteiger partial charge in [0, 0.05) is 35.8 Å². The Balaban J connectivity index is 1.33. The second-order valence-corrected chi connectivity index (χ2v) is 7.43. The van der Waals surface area contributed by atoms with Crippen LogP contribution in [0.15, 0.2) is 90.8 Å². The molecule has 0 bridgehead atoms. The summed E-state index contributed by atoms with van der Waals surface area (Å²) in [6, 6.07) is 23.5. The number of allylic oxidation sites excluding steroid dienone is 1. The maximum atomic E-state index is 12.8. The lowest BCUT2D eigenvalue weighted by atomic mass is 10.1. The molecule has 4 aromatic rings. The van der Waals surface area contributed by atoms with Gasteiger partial charge in [0.1, 0.15) is 18.1 Å². The molecule has 1 aromatic heterocycles. The van der Waals surface area contributed by atoms with E-state index in [1.807, 2.05) is 84.6 Å². The lowest BCUT2D eigenvalue weighted by Gasteiger charge is -2.04. The molecule has 0 saturated carbocycles. The molecule has 0 N–H and O–H groups in total. The summed E-state index contributed by atoms with van der Waals surface area (Å²) < 4.78 is 13.7. The fraction of sp³-hybridized carbons (Fsp3) is 0.0741. The van der Waals surface area contributed by atoms with Gasteiger partial charge in [0.15, 0.2) is 5.76 Å². The van der Waals surface area contributed by atoms with Crippen molar-refractivity contribution in [2.24, 2.45) is 7.05 Å². The summed E-state index contributed by atoms with van der Waals surface area (Å²) in [4.78, 5) is 12.8. The van der Waals surface area contributed by atoms with Gasteiger partial charge in [0.2, 0.25) is 5.78 Å². The van der Waals surface area contributed by atoms with E-state index in [4.69, 9.17) is 9.47 Å². The maximum absolute atomic E-state index is 12.8. The molecule has 1 aliphatic heterocycles. The maximum Gasteiger partial charge on any atom is 0.231 e. The molecule has 31 heavy (non-hydrogen) atoms. The van der Waals surface area contributed by atoms with Crippen LogP contribution < -0.4 is 9.47 Å². The summed E-state index contributed by atoms with van der Waals surface area (Å²) in [5.74, 6) is 1.41. The number of aryl methyl sites for hydroxylation is 1. The molecule has 0 saturated heterocycles. The van der Waals surface area contributed by atoms with Gasteiger partial charge in [-0.25, -0.2) is 0 Å². The molecule has 0 aliphatic carbocycles. The molecule has 4 heteroatoms. The summed E-state index contributed by atoms with van der Waals surface area (Å²) in [5.41, 5.74) is 3.74. The first-order valence-corrected chi connectivity index (χ1v) is 10.2. The predicted molar refractivity (Wildman–Crippen MR) is 123 cm³/mol. The Morgan fingerprint density at radius 3 is 2.68 bits per heavy atom. The Morgan fingerprint density at radius 2 is 1.81 bits per heavy atom. The number of hydrogen-bond donors (Lipinski definition) is 0. The highest BCUT2D eigenvalue weighted by Gasteiger charge is 2.28. The highest BCUT2D eigenvalue weighted by Crippen LogP contribution is 2.35. The van der Waals surface area contributed by atoms with E-state index in [1.165, 1.54) is 0 Å². The Labute approximate surface area is 180 Å². The first-order valence-electron chi connectivity index (χ1n) is 10.2. The molecule has 0 fully saturated rings. The van der Waals surface area contributed by atoms with E-state index in [9.17, 15) is 4.79 Å². The van der Waals surface area contributed by atoms with Crippen LogP contribution in [-0.2, 0) is 7.05 Å². The fourth-order valence-electron chi connectivity index (χ4n) is 3.78. The average molecular weight is 407 g/mol. The zero-order valence-corrected chi connectivity index (χ0v) is 17.1. The number of benzene rings is 3. The van der Waals surface area contributed by atoms with Crippen LogP contribution in [0.25, 0.3) is 23.1 Å². The molecule has 3 aromatic carbocycles. The highest BCUT2D eigenvalue weighted by atomic mass is 16.5. The molecule has 152 valence electrons. The van der Waals surface area contributed by atoms with Crippen molar-refractivity contribution in [2.75, 3.05) is 6.61 Å². The molecule has 0 spiro atoms. The Hall–Kier alpha value is -4.05. The van der Waals surface area contributed by atoms with E-state index in [1.54, 1.807) is 18.2 Å². The van der Waals surface area contributed by atoms with Gasteiger partial charge >= 0.3 is 0 Å². The van der Waals surface area contributed by atoms with Crippen LogP contribution in [-0.4, -0.2) is 17.0 Å². The zero-order chi connectivity index (χ0) is 21.2. The molecular weight excluding hydrogens is 386 g/mol. The second kappa shape index (κ2) is 8.00. The van der Waals surface area contributed by atoms with Gasteiger partial charge in [-0.2, -0.15) is 0 Å². The molecule has 1 aliphatic rings. The molecular formula is C27H21NO3. The molecule has 0 radical (unpaired) electrons. The minimum absolute atomic E-state index is 0.113. The number of hydrogen-bond acceptors (Lipinski definition) is 3. The van der Waals surface area contributed by atoms with Crippen LogP contribution in [0.5, 0.6) is 11.5 Å². The van der Waals surface area contributed by atoms with Gasteiger partial charge < -0.3 is 14.0 Å². The van der Waals surface area contributed by atoms with Crippen molar-refractivity contribution in [3.63, 3.8) is 0 Å². The lowest BCUT2D eigenvalue weighted by Crippen LogP contribution is -1.97. The quantitative estimate of drug-likeness (QED) is 0.388. The van der Waals surface area contributed by atoms with Crippen LogP contribution in [0, 0.1) is 0 Å². The van der Waals surface area contributed by atoms with Crippen LogP contribution in [0.3, 0.4) is 0 Å². The molecule has 5 rings (SSSR count). The monoisotopic (exact) mass is 407 g/mol. The number of ketones is 1. The number of rotatable bonds is 5. The van der Waals surface area contributed by atoms with Crippen LogP contribution in [0.2, 0.25) is 0 Å². The van der Waals surface area contributed by atoms with Gasteiger partial charge in [-0.15, -0.1) is 0 Å². The molecule has 2 heterocycles. The summed E-state index contributed by atoms with van der Waals surface area (Å²) in [6.45, 7) is 0.431. The summed E-state index contributed by atoms with van der Waals surface area (Å²) >= 11 is 0. The zero-order valence-electron chi connectivity index (χ0n) is 17.1. The van der Waals surface area contributed by atoms with E-state index >= 15 is 0 Å². The van der Waals surface area contributed by atoms with Gasteiger partial charge in [-0.1, -0.05) is 54.6 Å². The van der Waals surface area contributed by atoms with Crippen LogP contribution >= 0.6 is 0 Å². The van der Waals surface area contributed by atoms with Crippen molar-refractivity contribution in [2.45, 2.75) is 0 Å². The van der Waals surface area contributed by atoms with E-state index in [-0.39, 0.29) is 5.78 Å². The van der Waals surface area contributed by atoms with Crippen molar-refractivity contribution < 1.29 is 14.3 Å². The normalized spacial score (nSPS) is 14.4. The number of para-hydroxylation sites is 1. The molecule has 0 atom stereocenters. The number of Topliss-reactive ketones (excluding diaryl/α,β-unsaturated/α-hetero) is 1. The number of carbonyl (C=O) groups is 1. The summed E-state index contributed by atoms with van der Waals surface area (Å²) in [7, 11) is 1.99. The second-order valence-electron chi connectivity index (χ2n) is 7.43. The van der Waals surface area contributed by atoms with Crippen LogP contribution in [0.4, 0.5) is 0 Å². The molecule has 0 amide bonds. The third kappa shape index (κ3) is 3.76. The van der Waals surface area contributed by atoms with Gasteiger partial charge in [-0.05, 0) is 35.9 Å². The van der Waals surface area contributed by atoms with Gasteiger partial charge in [0.05, 0.1) is 5.56 Å². The Bertz CT molecular complexity index is 1330. The Kier molecular flexibility index (Phi) is 4.89. The van der Waals surface area contributed by atoms with E-state index < -0.39 is 0 Å². The van der Waals surface area contributed by atoms with E-state index in [2.05, 4.69) is 6.07 Å². The van der Waals surface area contributed by atoms with Crippen molar-refractivity contribution >= 4 is 28.8 Å². The topological polar surface area (TPSA) is 40.5 Å². The number of fused-ring (bicyclic) bond motifs is 2. The summed E-state index contributed by atoms with van der Waals surface area (Å²) in [6.07, 6.45) is 7.79. The van der Waals surface area contributed by atoms with Crippen molar-refractivity contribution in [3.8, 4) is 11.5 Å². The molecule has 0 unspecified atom stereocenters. The SMILES string of the molecule is Cn1cc(/C=C2\Oc3cc(OC/C=C/c4ccccc4)ccc3C2=O)c2ccccc21. The lowest BCUT2D eigenvalue weighted by molar-refractivity contribution is 0.101. The molecule has 4 nitrogen and oxygen atoms in total. The number of aromatic nitrogens is 1. The largest absolute Gasteiger partial charge is 0.489 e. The fourth-order valence-corrected chi connectivity index (χ4v) is 3.78. The first kappa shape index (κ1) is 18.9. The van der Waals surface area contributed by atoms with Gasteiger partial charge in [0.25, 0.3) is 0 Å². The van der Waals surface area contributed by atoms with Gasteiger partial charge in [-0.3, -0.25) is 4.79 Å². The van der Waals surface area contributed by atoms with E-state index in [0.29, 0.717) is 29.4 Å². The minimum Gasteiger partial charge on any atom is -0.489 e. The summed E-state index contributed by atoms with van der Waals surface area (Å²) in [5, 5.41) is 1.08. The highest BCUT2D eigenvalue weighted by molar-refractivity contribution is 6.15. The predicted octanol–water partition coefficient (Wildman–Crippen LogP) is 5.89. The third-order valence-electron chi connectivity index (χ3n) is 5.31. The number of carbonyl (C=O) groups excluding carboxylic acids is 1. The number of ether oxygens (including phenoxy) is 2. The number of nitrogens with zero attached hydrogens (tertiary/aromatic N) is 1. The standard InChI is InChI=1S/C27H21NO3/c1-28-18-20(22-11-5-6-12-24(22)28)16-26-27(29)23-14-13-21(17-25(23)31-26)30-15-7-10-19-8-3-2-4-9-19/h2-14,16-18H,15H2,1H3/b10-7+,26-16-. The first-order chi connectivity index (χ1) is 15.2. The Morgan fingerprint density at radius 1 is 1.00 bits per heavy atom. The van der Waals surface area contributed by atoms with Crippen molar-refractivity contribution in [1.29, 1.82) is 0 Å². The smallest absolute Gasteiger partial charge is 0.231 e. The minimum atomic E-state index is -0.113. The third-order valence-corrected chi connectivity index (χ3v) is 5.31. The van der Waals surface area contributed by atoms with Crippen molar-refractivity contribution in [1.82, 2.24) is 4.57 Å². The average Bonchev–Trinajstić information content (AvgIpc) is 3.28. The van der Waals surface area contributed by atoms with Crippen molar-refractivity contribution in [3.05, 3.63) is 108 Å². The van der Waals surface area contributed by atoms with Crippen LogP contribution in [0.1, 0.15) is 21.5 Å².